The summed E-state index contributed by atoms with van der Waals surface area (Å²) in [6, 6.07) is 12.3. The summed E-state index contributed by atoms with van der Waals surface area (Å²) in [6.07, 6.45) is 3.28. The number of anilines is 1. The number of nitrogens with one attached hydrogen (secondary N) is 2. The van der Waals surface area contributed by atoms with Gasteiger partial charge in [-0.05, 0) is 30.7 Å². The number of hydrogen-bond acceptors (Lipinski definition) is 4. The van der Waals surface area contributed by atoms with Crippen molar-refractivity contribution in [2.45, 2.75) is 36.4 Å². The molecule has 1 aliphatic heterocycles. The average Bonchev–Trinajstić information content (AvgIpc) is 3.34. The summed E-state index contributed by atoms with van der Waals surface area (Å²) in [6.45, 7) is 4.67. The van der Waals surface area contributed by atoms with Crippen LogP contribution in [0.3, 0.4) is 0 Å². The van der Waals surface area contributed by atoms with E-state index in [0.717, 1.165) is 30.1 Å². The van der Waals surface area contributed by atoms with Gasteiger partial charge in [0, 0.05) is 43.1 Å². The zero-order chi connectivity index (χ0) is 19.4. The van der Waals surface area contributed by atoms with Crippen LogP contribution in [0.5, 0.6) is 0 Å². The third-order valence-corrected chi connectivity index (χ3v) is 8.42. The van der Waals surface area contributed by atoms with Crippen LogP contribution >= 0.6 is 11.3 Å². The van der Waals surface area contributed by atoms with Gasteiger partial charge >= 0.3 is 0 Å². The first-order chi connectivity index (χ1) is 12.9. The summed E-state index contributed by atoms with van der Waals surface area (Å²) in [5.74, 6) is 0. The van der Waals surface area contributed by atoms with Gasteiger partial charge in [0.2, 0.25) is 10.0 Å². The van der Waals surface area contributed by atoms with Crippen LogP contribution < -0.4 is 14.5 Å². The molecule has 5 nitrogen and oxygen atoms in total. The molecule has 1 aliphatic rings. The Labute approximate surface area is 167 Å². The van der Waals surface area contributed by atoms with Gasteiger partial charge in [-0.1, -0.05) is 19.1 Å². The maximum Gasteiger partial charge on any atom is 0.250 e. The fourth-order valence-corrected chi connectivity index (χ4v) is 6.02. The lowest BCUT2D eigenvalue weighted by molar-refractivity contribution is -0.918. The minimum absolute atomic E-state index is 0.143. The lowest BCUT2D eigenvalue weighted by atomic mass is 10.1. The Morgan fingerprint density at radius 2 is 1.78 bits per heavy atom. The zero-order valence-electron chi connectivity index (χ0n) is 16.4. The molecule has 0 unspecified atom stereocenters. The molecular formula is C20H30N3O2S2+. The summed E-state index contributed by atoms with van der Waals surface area (Å²) in [5.41, 5.74) is 2.35. The van der Waals surface area contributed by atoms with Gasteiger partial charge in [0.05, 0.1) is 19.6 Å². The van der Waals surface area contributed by atoms with Crippen LogP contribution in [-0.2, 0) is 16.4 Å². The highest BCUT2D eigenvalue weighted by Gasteiger charge is 2.29. The van der Waals surface area contributed by atoms with Gasteiger partial charge in [-0.25, -0.2) is 13.1 Å². The van der Waals surface area contributed by atoms with Crippen molar-refractivity contribution in [2.24, 2.45) is 0 Å². The Kier molecular flexibility index (Phi) is 6.57. The molecule has 148 valence electrons. The van der Waals surface area contributed by atoms with Crippen molar-refractivity contribution < 1.29 is 13.3 Å². The number of likely N-dealkylation sites (tertiary alicyclic amines) is 1. The first kappa shape index (κ1) is 20.3. The highest BCUT2D eigenvalue weighted by atomic mass is 32.2. The highest BCUT2D eigenvalue weighted by Crippen LogP contribution is 2.22. The molecule has 0 spiro atoms. The van der Waals surface area contributed by atoms with E-state index in [1.165, 1.54) is 34.6 Å². The molecule has 1 saturated heterocycles. The molecule has 1 fully saturated rings. The third-order valence-electron chi connectivity index (χ3n) is 5.28. The number of sulfonamides is 1. The first-order valence-electron chi connectivity index (χ1n) is 9.61. The summed E-state index contributed by atoms with van der Waals surface area (Å²) in [7, 11) is 0.595. The average molecular weight is 409 g/mol. The quantitative estimate of drug-likeness (QED) is 0.703. The Morgan fingerprint density at radius 1 is 1.11 bits per heavy atom. The molecule has 2 N–H and O–H groups in total. The van der Waals surface area contributed by atoms with E-state index in [2.05, 4.69) is 33.9 Å². The number of quaternary nitrogens is 1. The normalized spacial score (nSPS) is 16.6. The van der Waals surface area contributed by atoms with E-state index in [-0.39, 0.29) is 6.04 Å². The van der Waals surface area contributed by atoms with Crippen molar-refractivity contribution >= 4 is 27.0 Å². The fraction of sp³-hybridized carbons (Fsp3) is 0.500. The topological polar surface area (TPSA) is 53.9 Å². The predicted molar refractivity (Wildman–Crippen MR) is 112 cm³/mol. The Hall–Kier alpha value is -1.41. The number of thiophene rings is 1. The summed E-state index contributed by atoms with van der Waals surface area (Å²) >= 11 is 1.36. The monoisotopic (exact) mass is 408 g/mol. The molecule has 1 atom stereocenters. The second-order valence-corrected chi connectivity index (χ2v) is 10.5. The molecule has 0 saturated carbocycles. The SMILES string of the molecule is CCc1ccc(S(=O)(=O)NC[C@@H](c2ccc(N(C)C)cc2)[NH+]2CCCC2)s1. The van der Waals surface area contributed by atoms with Crippen LogP contribution in [0, 0.1) is 0 Å². The summed E-state index contributed by atoms with van der Waals surface area (Å²) < 4.78 is 28.8. The fourth-order valence-electron chi connectivity index (χ4n) is 3.64. The molecular weight excluding hydrogens is 378 g/mol. The van der Waals surface area contributed by atoms with Crippen molar-refractivity contribution in [3.05, 3.63) is 46.8 Å². The number of hydrogen-bond donors (Lipinski definition) is 2. The molecule has 0 radical (unpaired) electrons. The van der Waals surface area contributed by atoms with Gasteiger partial charge in [-0.15, -0.1) is 11.3 Å². The van der Waals surface area contributed by atoms with Crippen LogP contribution in [0.25, 0.3) is 0 Å². The van der Waals surface area contributed by atoms with E-state index < -0.39 is 10.0 Å². The van der Waals surface area contributed by atoms with E-state index in [9.17, 15) is 8.42 Å². The van der Waals surface area contributed by atoms with Crippen molar-refractivity contribution in [3.63, 3.8) is 0 Å². The standard InChI is InChI=1S/C20H29N3O2S2/c1-4-18-11-12-20(26-18)27(24,25)21-15-19(23-13-5-6-14-23)16-7-9-17(10-8-16)22(2)3/h7-12,19,21H,4-6,13-15H2,1-3H3/p+1/t19-/m0/s1. The largest absolute Gasteiger partial charge is 0.378 e. The van der Waals surface area contributed by atoms with Crippen LogP contribution in [-0.4, -0.2) is 42.1 Å². The second-order valence-electron chi connectivity index (χ2n) is 7.33. The van der Waals surface area contributed by atoms with Crippen molar-refractivity contribution in [1.29, 1.82) is 0 Å². The first-order valence-corrected chi connectivity index (χ1v) is 11.9. The lowest BCUT2D eigenvalue weighted by Crippen LogP contribution is -3.11. The molecule has 0 aliphatic carbocycles. The number of benzene rings is 1. The van der Waals surface area contributed by atoms with Crippen molar-refractivity contribution in [1.82, 2.24) is 4.72 Å². The molecule has 27 heavy (non-hydrogen) atoms. The second kappa shape index (κ2) is 8.73. The molecule has 2 heterocycles. The third kappa shape index (κ3) is 4.90. The highest BCUT2D eigenvalue weighted by molar-refractivity contribution is 7.91. The summed E-state index contributed by atoms with van der Waals surface area (Å²) in [4.78, 5) is 4.64. The maximum absolute atomic E-state index is 12.7. The van der Waals surface area contributed by atoms with E-state index >= 15 is 0 Å². The van der Waals surface area contributed by atoms with Gasteiger partial charge in [0.25, 0.3) is 0 Å². The molecule has 3 rings (SSSR count). The minimum atomic E-state index is -3.46. The number of nitrogens with zero attached hydrogens (tertiary/aromatic N) is 1. The molecule has 0 bridgehead atoms. The molecule has 2 aromatic rings. The van der Waals surface area contributed by atoms with Crippen LogP contribution in [0.1, 0.15) is 36.2 Å². The van der Waals surface area contributed by atoms with Gasteiger partial charge < -0.3 is 9.80 Å². The Bertz CT molecular complexity index is 838. The summed E-state index contributed by atoms with van der Waals surface area (Å²) in [5, 5.41) is 0. The lowest BCUT2D eigenvalue weighted by Gasteiger charge is -2.25. The zero-order valence-corrected chi connectivity index (χ0v) is 18.0. The molecule has 1 aromatic heterocycles. The van der Waals surface area contributed by atoms with Gasteiger partial charge in [0.1, 0.15) is 10.3 Å². The number of aryl methyl sites for hydroxylation is 1. The number of rotatable bonds is 8. The van der Waals surface area contributed by atoms with E-state index in [1.54, 1.807) is 6.07 Å². The van der Waals surface area contributed by atoms with E-state index in [4.69, 9.17) is 0 Å². The van der Waals surface area contributed by atoms with Crippen molar-refractivity contribution in [3.8, 4) is 0 Å². The van der Waals surface area contributed by atoms with Crippen molar-refractivity contribution in [2.75, 3.05) is 38.6 Å². The van der Waals surface area contributed by atoms with Crippen LogP contribution in [0.2, 0.25) is 0 Å². The molecule has 0 amide bonds. The Morgan fingerprint density at radius 3 is 2.33 bits per heavy atom. The van der Waals surface area contributed by atoms with E-state index in [0.29, 0.717) is 10.8 Å². The molecule has 7 heteroatoms. The van der Waals surface area contributed by atoms with E-state index in [1.807, 2.05) is 27.1 Å². The minimum Gasteiger partial charge on any atom is -0.378 e. The smallest absolute Gasteiger partial charge is 0.250 e. The van der Waals surface area contributed by atoms with Crippen LogP contribution in [0.4, 0.5) is 5.69 Å². The van der Waals surface area contributed by atoms with Crippen LogP contribution in [0.15, 0.2) is 40.6 Å². The Balaban J connectivity index is 1.77. The maximum atomic E-state index is 12.7. The van der Waals surface area contributed by atoms with Gasteiger partial charge in [0.15, 0.2) is 0 Å². The van der Waals surface area contributed by atoms with Gasteiger partial charge in [-0.2, -0.15) is 0 Å². The predicted octanol–water partition coefficient (Wildman–Crippen LogP) is 2.07. The van der Waals surface area contributed by atoms with Gasteiger partial charge in [-0.3, -0.25) is 0 Å². The molecule has 1 aromatic carbocycles.